The topological polar surface area (TPSA) is 86.8 Å². The van der Waals surface area contributed by atoms with Crippen LogP contribution in [0.5, 0.6) is 0 Å². The van der Waals surface area contributed by atoms with E-state index in [2.05, 4.69) is 11.2 Å². The van der Waals surface area contributed by atoms with Gasteiger partial charge in [-0.3, -0.25) is 9.69 Å². The number of nitrogens with zero attached hydrogens (tertiary/aromatic N) is 2. The number of carbonyl (C=O) groups excluding carboxylic acids is 2. The summed E-state index contributed by atoms with van der Waals surface area (Å²) in [6.45, 7) is 0.319. The van der Waals surface area contributed by atoms with Crippen molar-refractivity contribution in [2.45, 2.75) is 17.9 Å². The zero-order valence-electron chi connectivity index (χ0n) is 19.8. The maximum Gasteiger partial charge on any atom is 0.344 e. The van der Waals surface area contributed by atoms with E-state index in [0.29, 0.717) is 12.1 Å². The molecule has 0 saturated heterocycles. The highest BCUT2D eigenvalue weighted by molar-refractivity contribution is 7.94. The largest absolute Gasteiger partial charge is 0.352 e. The summed E-state index contributed by atoms with van der Waals surface area (Å²) in [7, 11) is -4.14. The molecule has 0 aromatic heterocycles. The zero-order chi connectivity index (χ0) is 26.0. The molecular formula is C29H23N3O4S. The summed E-state index contributed by atoms with van der Waals surface area (Å²) in [5.41, 5.74) is 2.12. The highest BCUT2D eigenvalue weighted by atomic mass is 32.2. The molecule has 1 aliphatic rings. The fraction of sp³-hybridized carbons (Fsp3) is 0.103. The lowest BCUT2D eigenvalue weighted by atomic mass is 10.0. The number of sulfonamides is 1. The van der Waals surface area contributed by atoms with Crippen molar-refractivity contribution in [2.75, 3.05) is 15.7 Å². The third kappa shape index (κ3) is 4.53. The van der Waals surface area contributed by atoms with E-state index >= 15 is 0 Å². The van der Waals surface area contributed by atoms with Crippen molar-refractivity contribution in [3.8, 4) is 12.3 Å². The third-order valence-corrected chi connectivity index (χ3v) is 7.97. The Labute approximate surface area is 215 Å². The second kappa shape index (κ2) is 9.80. The Morgan fingerprint density at radius 3 is 2.38 bits per heavy atom. The molecule has 0 radical (unpaired) electrons. The zero-order valence-corrected chi connectivity index (χ0v) is 20.6. The van der Waals surface area contributed by atoms with E-state index in [1.54, 1.807) is 30.3 Å². The molecule has 5 rings (SSSR count). The van der Waals surface area contributed by atoms with Crippen LogP contribution in [0.4, 0.5) is 16.2 Å². The number of hydrogen-bond acceptors (Lipinski definition) is 4. The molecule has 0 saturated carbocycles. The molecule has 184 valence electrons. The number of fused-ring (bicyclic) bond motifs is 2. The predicted octanol–water partition coefficient (Wildman–Crippen LogP) is 4.47. The Morgan fingerprint density at radius 2 is 1.59 bits per heavy atom. The molecule has 0 unspecified atom stereocenters. The van der Waals surface area contributed by atoms with Gasteiger partial charge in [0.2, 0.25) is 5.91 Å². The molecule has 1 N–H and O–H groups in total. The molecule has 3 amide bonds. The summed E-state index contributed by atoms with van der Waals surface area (Å²) in [5.74, 6) is 2.24. The van der Waals surface area contributed by atoms with Gasteiger partial charge in [-0.25, -0.2) is 13.2 Å². The van der Waals surface area contributed by atoms with Crippen LogP contribution in [0.1, 0.15) is 11.1 Å². The van der Waals surface area contributed by atoms with Gasteiger partial charge in [-0.2, -0.15) is 4.31 Å². The summed E-state index contributed by atoms with van der Waals surface area (Å²) in [6.07, 6.45) is 5.54. The van der Waals surface area contributed by atoms with E-state index in [9.17, 15) is 18.0 Å². The van der Waals surface area contributed by atoms with Gasteiger partial charge in [-0.15, -0.1) is 6.42 Å². The van der Waals surface area contributed by atoms with Gasteiger partial charge in [0, 0.05) is 6.54 Å². The van der Waals surface area contributed by atoms with E-state index < -0.39 is 16.1 Å². The first-order valence-corrected chi connectivity index (χ1v) is 13.1. The lowest BCUT2D eigenvalue weighted by Gasteiger charge is -2.35. The number of nitrogens with one attached hydrogen (secondary N) is 1. The Morgan fingerprint density at radius 1 is 0.892 bits per heavy atom. The van der Waals surface area contributed by atoms with Crippen LogP contribution in [0.3, 0.4) is 0 Å². The minimum absolute atomic E-state index is 0.00161. The van der Waals surface area contributed by atoms with Crippen molar-refractivity contribution in [2.24, 2.45) is 0 Å². The van der Waals surface area contributed by atoms with E-state index in [4.69, 9.17) is 6.42 Å². The van der Waals surface area contributed by atoms with Gasteiger partial charge in [0.1, 0.15) is 4.90 Å². The summed E-state index contributed by atoms with van der Waals surface area (Å²) in [5, 5.41) is 5.14. The Hall–Kier alpha value is -4.61. The molecule has 37 heavy (non-hydrogen) atoms. The number of anilines is 2. The number of amides is 3. The second-order valence-electron chi connectivity index (χ2n) is 8.57. The normalized spacial score (nSPS) is 14.2. The van der Waals surface area contributed by atoms with Crippen LogP contribution in [0.2, 0.25) is 0 Å². The number of terminal acetylenes is 1. The average molecular weight is 510 g/mol. The minimum Gasteiger partial charge on any atom is -0.352 e. The van der Waals surface area contributed by atoms with Gasteiger partial charge in [-0.1, -0.05) is 72.7 Å². The van der Waals surface area contributed by atoms with Crippen molar-refractivity contribution in [3.63, 3.8) is 0 Å². The molecule has 0 spiro atoms. The van der Waals surface area contributed by atoms with Gasteiger partial charge < -0.3 is 5.32 Å². The van der Waals surface area contributed by atoms with Crippen molar-refractivity contribution >= 4 is 44.1 Å². The fourth-order valence-electron chi connectivity index (χ4n) is 4.44. The molecule has 7 nitrogen and oxygen atoms in total. The molecule has 0 bridgehead atoms. The predicted molar refractivity (Wildman–Crippen MR) is 144 cm³/mol. The second-order valence-corrected chi connectivity index (χ2v) is 10.3. The van der Waals surface area contributed by atoms with E-state index in [1.807, 2.05) is 42.5 Å². The molecular weight excluding hydrogens is 486 g/mol. The summed E-state index contributed by atoms with van der Waals surface area (Å²) < 4.78 is 27.4. The Balaban J connectivity index is 1.32. The third-order valence-electron chi connectivity index (χ3n) is 6.22. The van der Waals surface area contributed by atoms with Gasteiger partial charge in [0.15, 0.2) is 0 Å². The van der Waals surface area contributed by atoms with Crippen molar-refractivity contribution in [3.05, 3.63) is 102 Å². The van der Waals surface area contributed by atoms with Crippen LogP contribution in [0, 0.1) is 12.3 Å². The van der Waals surface area contributed by atoms with E-state index in [-0.39, 0.29) is 35.1 Å². The highest BCUT2D eigenvalue weighted by Crippen LogP contribution is 2.37. The van der Waals surface area contributed by atoms with Crippen molar-refractivity contribution in [1.82, 2.24) is 5.32 Å². The quantitative estimate of drug-likeness (QED) is 0.389. The first-order chi connectivity index (χ1) is 17.9. The van der Waals surface area contributed by atoms with E-state index in [0.717, 1.165) is 20.6 Å². The molecule has 0 aliphatic carbocycles. The molecule has 0 atom stereocenters. The first kappa shape index (κ1) is 24.1. The molecule has 1 heterocycles. The number of urea groups is 1. The van der Waals surface area contributed by atoms with Crippen molar-refractivity contribution < 1.29 is 18.0 Å². The number of para-hydroxylation sites is 1. The maximum atomic E-state index is 13.3. The van der Waals surface area contributed by atoms with Crippen LogP contribution in [-0.2, 0) is 27.8 Å². The van der Waals surface area contributed by atoms with Crippen LogP contribution in [0.15, 0.2) is 95.9 Å². The summed E-state index contributed by atoms with van der Waals surface area (Å²) in [6, 6.07) is 25.8. The maximum absolute atomic E-state index is 13.3. The number of rotatable bonds is 6. The molecule has 0 fully saturated rings. The van der Waals surface area contributed by atoms with Crippen LogP contribution < -0.4 is 14.5 Å². The lowest BCUT2D eigenvalue weighted by molar-refractivity contribution is -0.120. The molecule has 8 heteroatoms. The van der Waals surface area contributed by atoms with Crippen molar-refractivity contribution in [1.29, 1.82) is 0 Å². The Bertz CT molecular complexity index is 1650. The highest BCUT2D eigenvalue weighted by Gasteiger charge is 2.42. The molecule has 4 aromatic rings. The van der Waals surface area contributed by atoms with Gasteiger partial charge in [0.25, 0.3) is 10.0 Å². The van der Waals surface area contributed by atoms with Gasteiger partial charge in [-0.05, 0) is 46.2 Å². The van der Waals surface area contributed by atoms with Gasteiger partial charge >= 0.3 is 6.03 Å². The minimum atomic E-state index is -4.14. The number of carbonyl (C=O) groups is 2. The fourth-order valence-corrected chi connectivity index (χ4v) is 6.04. The SMILES string of the molecule is C#CCN1C(=O)N(c2ccc(CC(=O)NCc3cccc4ccccc34)cc2)S(=O)(=O)c2ccccc21. The number of benzene rings is 4. The average Bonchev–Trinajstić information content (AvgIpc) is 2.91. The lowest BCUT2D eigenvalue weighted by Crippen LogP contribution is -2.51. The molecule has 1 aliphatic heterocycles. The van der Waals surface area contributed by atoms with Crippen LogP contribution >= 0.6 is 0 Å². The van der Waals surface area contributed by atoms with E-state index in [1.165, 1.54) is 23.1 Å². The standard InChI is InChI=1S/C29H23N3O4S/c1-2-18-31-26-12-5-6-13-27(26)37(35,36)32(29(31)34)24-16-14-21(15-17-24)19-28(33)30-20-23-10-7-9-22-8-3-4-11-25(22)23/h1,3-17H,18-20H2,(H,30,33). The number of hydrogen-bond donors (Lipinski definition) is 1. The first-order valence-electron chi connectivity index (χ1n) is 11.6. The monoisotopic (exact) mass is 509 g/mol. The smallest absolute Gasteiger partial charge is 0.344 e. The van der Waals surface area contributed by atoms with Crippen LogP contribution in [-0.4, -0.2) is 26.9 Å². The van der Waals surface area contributed by atoms with Gasteiger partial charge in [0.05, 0.1) is 24.3 Å². The molecule has 4 aromatic carbocycles. The Kier molecular flexibility index (Phi) is 6.38. The summed E-state index contributed by atoms with van der Waals surface area (Å²) >= 11 is 0. The van der Waals surface area contributed by atoms with Crippen LogP contribution in [0.25, 0.3) is 10.8 Å². The summed E-state index contributed by atoms with van der Waals surface area (Å²) in [4.78, 5) is 27.1.